The molecule has 1 N–H and O–H groups in total. The summed E-state index contributed by atoms with van der Waals surface area (Å²) >= 11 is 0. The molecule has 2 fully saturated rings. The molecule has 2 aliphatic rings. The predicted octanol–water partition coefficient (Wildman–Crippen LogP) is 1.26. The van der Waals surface area contributed by atoms with Gasteiger partial charge in [-0.05, 0) is 45.2 Å². The van der Waals surface area contributed by atoms with Gasteiger partial charge in [-0.3, -0.25) is 4.90 Å². The van der Waals surface area contributed by atoms with Gasteiger partial charge < -0.3 is 14.8 Å². The fourth-order valence-corrected chi connectivity index (χ4v) is 2.60. The van der Waals surface area contributed by atoms with Gasteiger partial charge in [0.2, 0.25) is 0 Å². The van der Waals surface area contributed by atoms with E-state index in [2.05, 4.69) is 10.2 Å². The number of piperidine rings is 1. The summed E-state index contributed by atoms with van der Waals surface area (Å²) < 4.78 is 11.1. The lowest BCUT2D eigenvalue weighted by molar-refractivity contribution is 0.0263. The molecule has 0 bridgehead atoms. The van der Waals surface area contributed by atoms with Crippen molar-refractivity contribution in [2.45, 2.75) is 44.2 Å². The maximum Gasteiger partial charge on any atom is 0.0599 e. The van der Waals surface area contributed by atoms with Gasteiger partial charge in [0, 0.05) is 32.8 Å². The van der Waals surface area contributed by atoms with Gasteiger partial charge in [0.1, 0.15) is 0 Å². The van der Waals surface area contributed by atoms with Crippen LogP contribution in [0.4, 0.5) is 0 Å². The van der Waals surface area contributed by atoms with Crippen LogP contribution in [0.25, 0.3) is 0 Å². The molecule has 0 atom stereocenters. The van der Waals surface area contributed by atoms with E-state index in [4.69, 9.17) is 9.47 Å². The van der Waals surface area contributed by atoms with E-state index in [9.17, 15) is 0 Å². The minimum Gasteiger partial charge on any atom is -0.383 e. The molecule has 1 aliphatic carbocycles. The van der Waals surface area contributed by atoms with Gasteiger partial charge in [0.05, 0.1) is 12.7 Å². The van der Waals surface area contributed by atoms with Crippen molar-refractivity contribution in [3.05, 3.63) is 0 Å². The van der Waals surface area contributed by atoms with Gasteiger partial charge in [-0.1, -0.05) is 0 Å². The number of methoxy groups -OCH3 is 1. The first kappa shape index (κ1) is 14.3. The van der Waals surface area contributed by atoms with Gasteiger partial charge >= 0.3 is 0 Å². The molecule has 4 heteroatoms. The van der Waals surface area contributed by atoms with E-state index in [1.165, 1.54) is 32.2 Å². The zero-order chi connectivity index (χ0) is 12.6. The molecule has 18 heavy (non-hydrogen) atoms. The number of nitrogens with one attached hydrogen (secondary N) is 1. The fraction of sp³-hybridized carbons (Fsp3) is 1.00. The second-order valence-corrected chi connectivity index (χ2v) is 5.43. The number of ether oxygens (including phenoxy) is 2. The fourth-order valence-electron chi connectivity index (χ4n) is 2.60. The molecule has 0 aromatic carbocycles. The second-order valence-electron chi connectivity index (χ2n) is 5.43. The Hall–Kier alpha value is -0.160. The van der Waals surface area contributed by atoms with E-state index in [-0.39, 0.29) is 0 Å². The van der Waals surface area contributed by atoms with Crippen LogP contribution in [0.5, 0.6) is 0 Å². The molecular formula is C14H28N2O2. The van der Waals surface area contributed by atoms with Gasteiger partial charge in [0.15, 0.2) is 0 Å². The Balaban J connectivity index is 1.52. The second kappa shape index (κ2) is 8.10. The van der Waals surface area contributed by atoms with Crippen molar-refractivity contribution >= 4 is 0 Å². The monoisotopic (exact) mass is 256 g/mol. The van der Waals surface area contributed by atoms with Gasteiger partial charge in [-0.25, -0.2) is 0 Å². The maximum absolute atomic E-state index is 5.94. The summed E-state index contributed by atoms with van der Waals surface area (Å²) in [5, 5.41) is 3.37. The van der Waals surface area contributed by atoms with E-state index >= 15 is 0 Å². The molecule has 1 saturated heterocycles. The van der Waals surface area contributed by atoms with Crippen LogP contribution in [-0.2, 0) is 9.47 Å². The average Bonchev–Trinajstić information content (AvgIpc) is 3.23. The molecule has 1 aliphatic heterocycles. The Bertz CT molecular complexity index is 216. The minimum absolute atomic E-state index is 0.500. The van der Waals surface area contributed by atoms with Crippen LogP contribution in [0, 0.1) is 0 Å². The normalized spacial score (nSPS) is 21.7. The third-order valence-electron chi connectivity index (χ3n) is 3.88. The summed E-state index contributed by atoms with van der Waals surface area (Å²) in [5.41, 5.74) is 0. The third kappa shape index (κ3) is 5.22. The van der Waals surface area contributed by atoms with E-state index < -0.39 is 0 Å². The largest absolute Gasteiger partial charge is 0.383 e. The molecule has 2 rings (SSSR count). The molecule has 0 aromatic heterocycles. The number of hydrogen-bond acceptors (Lipinski definition) is 4. The van der Waals surface area contributed by atoms with Crippen molar-refractivity contribution in [2.75, 3.05) is 46.5 Å². The van der Waals surface area contributed by atoms with Crippen LogP contribution in [0.1, 0.15) is 32.1 Å². The van der Waals surface area contributed by atoms with E-state index in [0.717, 1.165) is 45.3 Å². The summed E-state index contributed by atoms with van der Waals surface area (Å²) in [6.07, 6.45) is 6.76. The first-order valence-electron chi connectivity index (χ1n) is 7.45. The van der Waals surface area contributed by atoms with Crippen molar-refractivity contribution in [2.24, 2.45) is 0 Å². The standard InChI is InChI=1S/C14H28N2O2/c1-17-12-10-16(13-3-4-13)9-2-11-18-14-5-7-15-8-6-14/h13-15H,2-12H2,1H3. The lowest BCUT2D eigenvalue weighted by Crippen LogP contribution is -2.34. The molecule has 1 heterocycles. The molecule has 4 nitrogen and oxygen atoms in total. The molecule has 0 unspecified atom stereocenters. The Morgan fingerprint density at radius 2 is 1.83 bits per heavy atom. The predicted molar refractivity (Wildman–Crippen MR) is 72.9 cm³/mol. The summed E-state index contributed by atoms with van der Waals surface area (Å²) in [5.74, 6) is 0. The highest BCUT2D eigenvalue weighted by atomic mass is 16.5. The highest BCUT2D eigenvalue weighted by molar-refractivity contribution is 4.84. The molecular weight excluding hydrogens is 228 g/mol. The Morgan fingerprint density at radius 3 is 2.50 bits per heavy atom. The maximum atomic E-state index is 5.94. The SMILES string of the molecule is COCCN(CCCOC1CCNCC1)C1CC1. The van der Waals surface area contributed by atoms with Crippen LogP contribution < -0.4 is 5.32 Å². The van der Waals surface area contributed by atoms with Crippen LogP contribution in [-0.4, -0.2) is 63.5 Å². The Kier molecular flexibility index (Phi) is 6.41. The highest BCUT2D eigenvalue weighted by Crippen LogP contribution is 2.26. The first-order chi connectivity index (χ1) is 8.90. The number of hydrogen-bond donors (Lipinski definition) is 1. The first-order valence-corrected chi connectivity index (χ1v) is 7.45. The molecule has 0 aromatic rings. The topological polar surface area (TPSA) is 33.7 Å². The molecule has 0 amide bonds. The summed E-state index contributed by atoms with van der Waals surface area (Å²) in [6, 6.07) is 0.832. The van der Waals surface area contributed by atoms with Crippen LogP contribution in [0.3, 0.4) is 0 Å². The number of nitrogens with zero attached hydrogens (tertiary/aromatic N) is 1. The smallest absolute Gasteiger partial charge is 0.0599 e. The molecule has 106 valence electrons. The van der Waals surface area contributed by atoms with Crippen molar-refractivity contribution in [1.82, 2.24) is 10.2 Å². The van der Waals surface area contributed by atoms with E-state index in [1.807, 2.05) is 0 Å². The van der Waals surface area contributed by atoms with Gasteiger partial charge in [0.25, 0.3) is 0 Å². The minimum atomic E-state index is 0.500. The van der Waals surface area contributed by atoms with E-state index in [0.29, 0.717) is 6.10 Å². The zero-order valence-electron chi connectivity index (χ0n) is 11.7. The van der Waals surface area contributed by atoms with Gasteiger partial charge in [-0.2, -0.15) is 0 Å². The lowest BCUT2D eigenvalue weighted by Gasteiger charge is -2.24. The zero-order valence-corrected chi connectivity index (χ0v) is 11.7. The van der Waals surface area contributed by atoms with Crippen molar-refractivity contribution in [3.8, 4) is 0 Å². The van der Waals surface area contributed by atoms with Crippen LogP contribution >= 0.6 is 0 Å². The summed E-state index contributed by atoms with van der Waals surface area (Å²) in [6.45, 7) is 6.25. The van der Waals surface area contributed by atoms with E-state index in [1.54, 1.807) is 7.11 Å². The van der Waals surface area contributed by atoms with Crippen molar-refractivity contribution < 1.29 is 9.47 Å². The van der Waals surface area contributed by atoms with Crippen LogP contribution in [0.15, 0.2) is 0 Å². The lowest BCUT2D eigenvalue weighted by atomic mass is 10.1. The van der Waals surface area contributed by atoms with Crippen molar-refractivity contribution in [3.63, 3.8) is 0 Å². The quantitative estimate of drug-likeness (QED) is 0.630. The molecule has 1 saturated carbocycles. The van der Waals surface area contributed by atoms with Gasteiger partial charge in [-0.15, -0.1) is 0 Å². The summed E-state index contributed by atoms with van der Waals surface area (Å²) in [4.78, 5) is 2.56. The Morgan fingerprint density at radius 1 is 1.06 bits per heavy atom. The van der Waals surface area contributed by atoms with Crippen molar-refractivity contribution in [1.29, 1.82) is 0 Å². The van der Waals surface area contributed by atoms with Crippen LogP contribution in [0.2, 0.25) is 0 Å². The number of rotatable bonds is 9. The average molecular weight is 256 g/mol. The highest BCUT2D eigenvalue weighted by Gasteiger charge is 2.28. The molecule has 0 radical (unpaired) electrons. The third-order valence-corrected chi connectivity index (χ3v) is 3.88. The molecule has 0 spiro atoms. The summed E-state index contributed by atoms with van der Waals surface area (Å²) in [7, 11) is 1.78. The Labute approximate surface area is 111 Å².